The summed E-state index contributed by atoms with van der Waals surface area (Å²) in [6.07, 6.45) is 0.258. The lowest BCUT2D eigenvalue weighted by molar-refractivity contribution is 0.100. The molecular formula is C13H10F2N2O3. The molecule has 0 atom stereocenters. The second-order valence-electron chi connectivity index (χ2n) is 4.20. The minimum atomic E-state index is -0.756. The summed E-state index contributed by atoms with van der Waals surface area (Å²) >= 11 is 0. The first kappa shape index (κ1) is 13.9. The molecule has 2 rings (SSSR count). The van der Waals surface area contributed by atoms with Crippen LogP contribution in [0, 0.1) is 11.6 Å². The lowest BCUT2D eigenvalue weighted by Crippen LogP contribution is -2.20. The second-order valence-corrected chi connectivity index (χ2v) is 4.20. The third kappa shape index (κ3) is 2.42. The molecule has 0 fully saturated rings. The zero-order chi connectivity index (χ0) is 14.9. The highest BCUT2D eigenvalue weighted by Crippen LogP contribution is 2.11. The maximum atomic E-state index is 13.5. The Labute approximate surface area is 111 Å². The lowest BCUT2D eigenvalue weighted by Gasteiger charge is -2.04. The molecule has 2 aromatic rings. The summed E-state index contributed by atoms with van der Waals surface area (Å²) in [7, 11) is 0. The van der Waals surface area contributed by atoms with Gasteiger partial charge in [-0.05, 0) is 18.2 Å². The minimum Gasteiger partial charge on any atom is -0.298 e. The number of halogens is 2. The molecule has 0 aliphatic carbocycles. The molecule has 0 aliphatic rings. The fraction of sp³-hybridized carbons (Fsp3) is 0.154. The summed E-state index contributed by atoms with van der Waals surface area (Å²) in [6, 6.07) is 2.83. The van der Waals surface area contributed by atoms with Gasteiger partial charge in [0, 0.05) is 12.5 Å². The smallest absolute Gasteiger partial charge is 0.278 e. The highest BCUT2D eigenvalue weighted by Gasteiger charge is 2.17. The molecule has 0 saturated carbocycles. The Morgan fingerprint density at radius 2 is 2.10 bits per heavy atom. The van der Waals surface area contributed by atoms with Gasteiger partial charge in [0.2, 0.25) is 0 Å². The number of rotatable bonds is 4. The number of aromatic nitrogens is 2. The van der Waals surface area contributed by atoms with Crippen molar-refractivity contribution < 1.29 is 18.4 Å². The first-order valence-electron chi connectivity index (χ1n) is 5.67. The summed E-state index contributed by atoms with van der Waals surface area (Å²) in [5, 5.41) is 2.43. The van der Waals surface area contributed by atoms with E-state index >= 15 is 0 Å². The van der Waals surface area contributed by atoms with E-state index in [-0.39, 0.29) is 29.7 Å². The van der Waals surface area contributed by atoms with Crippen molar-refractivity contribution in [1.29, 1.82) is 0 Å². The average molecular weight is 280 g/mol. The number of carbonyl (C=O) groups is 2. The van der Waals surface area contributed by atoms with E-state index < -0.39 is 23.0 Å². The number of ketones is 1. The van der Waals surface area contributed by atoms with E-state index in [0.717, 1.165) is 22.9 Å². The monoisotopic (exact) mass is 280 g/mol. The lowest BCUT2D eigenvalue weighted by atomic mass is 10.2. The number of nitrogens with zero attached hydrogens (tertiary/aromatic N) is 1. The maximum Gasteiger partial charge on any atom is 0.278 e. The van der Waals surface area contributed by atoms with Crippen molar-refractivity contribution in [2.45, 2.75) is 13.5 Å². The molecule has 1 heterocycles. The SMILES string of the molecule is CC(=O)c1[nH]n(Cc2cc(F)ccc2F)c(=O)c1C=O. The van der Waals surface area contributed by atoms with Crippen LogP contribution in [0.15, 0.2) is 23.0 Å². The molecule has 0 radical (unpaired) electrons. The largest absolute Gasteiger partial charge is 0.298 e. The van der Waals surface area contributed by atoms with E-state index in [1.807, 2.05) is 0 Å². The van der Waals surface area contributed by atoms with Crippen LogP contribution in [0.1, 0.15) is 33.3 Å². The molecule has 0 bridgehead atoms. The molecule has 5 nitrogen and oxygen atoms in total. The van der Waals surface area contributed by atoms with Gasteiger partial charge in [-0.2, -0.15) is 0 Å². The molecule has 1 aromatic carbocycles. The van der Waals surface area contributed by atoms with E-state index in [0.29, 0.717) is 0 Å². The molecule has 1 aromatic heterocycles. The topological polar surface area (TPSA) is 71.9 Å². The van der Waals surface area contributed by atoms with Gasteiger partial charge < -0.3 is 0 Å². The molecule has 0 saturated heterocycles. The fourth-order valence-corrected chi connectivity index (χ4v) is 1.82. The van der Waals surface area contributed by atoms with Gasteiger partial charge >= 0.3 is 0 Å². The number of benzene rings is 1. The first-order chi connectivity index (χ1) is 9.43. The Morgan fingerprint density at radius 3 is 2.65 bits per heavy atom. The Balaban J connectivity index is 2.49. The van der Waals surface area contributed by atoms with Gasteiger partial charge in [-0.25, -0.2) is 13.5 Å². The van der Waals surface area contributed by atoms with Crippen LogP contribution in [-0.2, 0) is 6.54 Å². The highest BCUT2D eigenvalue weighted by molar-refractivity contribution is 5.99. The van der Waals surface area contributed by atoms with E-state index in [4.69, 9.17) is 0 Å². The summed E-state index contributed by atoms with van der Waals surface area (Å²) in [5.74, 6) is -1.84. The molecule has 20 heavy (non-hydrogen) atoms. The van der Waals surface area contributed by atoms with Crippen molar-refractivity contribution in [3.63, 3.8) is 0 Å². The number of carbonyl (C=O) groups excluding carboxylic acids is 2. The summed E-state index contributed by atoms with van der Waals surface area (Å²) in [5.41, 5.74) is -1.30. The molecule has 7 heteroatoms. The predicted molar refractivity (Wildman–Crippen MR) is 65.9 cm³/mol. The fourth-order valence-electron chi connectivity index (χ4n) is 1.82. The van der Waals surface area contributed by atoms with Crippen LogP contribution in [0.3, 0.4) is 0 Å². The molecule has 0 amide bonds. The number of aldehydes is 1. The Kier molecular flexibility index (Phi) is 3.60. The molecule has 1 N–H and O–H groups in total. The van der Waals surface area contributed by atoms with E-state index in [1.54, 1.807) is 0 Å². The van der Waals surface area contributed by atoms with Crippen LogP contribution in [-0.4, -0.2) is 21.8 Å². The van der Waals surface area contributed by atoms with Crippen molar-refractivity contribution in [1.82, 2.24) is 9.78 Å². The predicted octanol–water partition coefficient (Wildman–Crippen LogP) is 1.52. The van der Waals surface area contributed by atoms with Crippen molar-refractivity contribution in [2.75, 3.05) is 0 Å². The standard InChI is InChI=1S/C13H10F2N2O3/c1-7(19)12-10(6-18)13(20)17(16-12)5-8-4-9(14)2-3-11(8)15/h2-4,6,16H,5H2,1H3. The minimum absolute atomic E-state index is 0.0686. The number of hydrogen-bond acceptors (Lipinski definition) is 3. The average Bonchev–Trinajstić information content (AvgIpc) is 2.71. The molecule has 104 valence electrons. The van der Waals surface area contributed by atoms with Crippen molar-refractivity contribution in [2.24, 2.45) is 0 Å². The van der Waals surface area contributed by atoms with Gasteiger partial charge in [0.1, 0.15) is 22.9 Å². The highest BCUT2D eigenvalue weighted by atomic mass is 19.1. The Bertz CT molecular complexity index is 747. The maximum absolute atomic E-state index is 13.5. The molecular weight excluding hydrogens is 270 g/mol. The van der Waals surface area contributed by atoms with Crippen LogP contribution >= 0.6 is 0 Å². The van der Waals surface area contributed by atoms with Gasteiger partial charge in [0.25, 0.3) is 5.56 Å². The summed E-state index contributed by atoms with van der Waals surface area (Å²) in [4.78, 5) is 34.0. The number of Topliss-reactive ketones (excluding diaryl/α,β-unsaturated/α-hetero) is 1. The van der Waals surface area contributed by atoms with Crippen LogP contribution in [0.4, 0.5) is 8.78 Å². The van der Waals surface area contributed by atoms with Gasteiger partial charge in [0.15, 0.2) is 12.1 Å². The van der Waals surface area contributed by atoms with E-state index in [1.165, 1.54) is 6.92 Å². The van der Waals surface area contributed by atoms with Crippen LogP contribution in [0.25, 0.3) is 0 Å². The molecule has 0 spiro atoms. The molecule has 0 unspecified atom stereocenters. The zero-order valence-corrected chi connectivity index (χ0v) is 10.4. The van der Waals surface area contributed by atoms with Crippen molar-refractivity contribution in [3.8, 4) is 0 Å². The number of aromatic amines is 1. The Hall–Kier alpha value is -2.57. The quantitative estimate of drug-likeness (QED) is 0.681. The van der Waals surface area contributed by atoms with Crippen molar-refractivity contribution in [3.05, 3.63) is 57.0 Å². The third-order valence-electron chi connectivity index (χ3n) is 2.80. The van der Waals surface area contributed by atoms with Crippen LogP contribution in [0.2, 0.25) is 0 Å². The summed E-state index contributed by atoms with van der Waals surface area (Å²) < 4.78 is 27.4. The zero-order valence-electron chi connectivity index (χ0n) is 10.4. The van der Waals surface area contributed by atoms with Crippen LogP contribution < -0.4 is 5.56 Å². The second kappa shape index (κ2) is 5.20. The Morgan fingerprint density at radius 1 is 1.40 bits per heavy atom. The normalized spacial score (nSPS) is 10.6. The number of H-pyrrole nitrogens is 1. The number of hydrogen-bond donors (Lipinski definition) is 1. The van der Waals surface area contributed by atoms with E-state index in [9.17, 15) is 23.2 Å². The van der Waals surface area contributed by atoms with Gasteiger partial charge in [-0.15, -0.1) is 0 Å². The molecule has 0 aliphatic heterocycles. The van der Waals surface area contributed by atoms with Gasteiger partial charge in [-0.3, -0.25) is 19.5 Å². The first-order valence-corrected chi connectivity index (χ1v) is 5.67. The van der Waals surface area contributed by atoms with Gasteiger partial charge in [0.05, 0.1) is 6.54 Å². The van der Waals surface area contributed by atoms with E-state index in [2.05, 4.69) is 5.10 Å². The van der Waals surface area contributed by atoms with Gasteiger partial charge in [-0.1, -0.05) is 0 Å². The third-order valence-corrected chi connectivity index (χ3v) is 2.80. The summed E-state index contributed by atoms with van der Waals surface area (Å²) in [6.45, 7) is 0.877. The van der Waals surface area contributed by atoms with Crippen molar-refractivity contribution >= 4 is 12.1 Å². The van der Waals surface area contributed by atoms with Crippen LogP contribution in [0.5, 0.6) is 0 Å². The number of nitrogens with one attached hydrogen (secondary N) is 1.